The minimum Gasteiger partial charge on any atom is -0.480 e. The van der Waals surface area contributed by atoms with Gasteiger partial charge in [0.1, 0.15) is 6.04 Å². The van der Waals surface area contributed by atoms with E-state index in [0.29, 0.717) is 6.54 Å². The normalized spacial score (nSPS) is 17.6. The van der Waals surface area contributed by atoms with Crippen LogP contribution < -0.4 is 5.32 Å². The van der Waals surface area contributed by atoms with Gasteiger partial charge in [-0.2, -0.15) is 0 Å². The van der Waals surface area contributed by atoms with Gasteiger partial charge in [0, 0.05) is 12.6 Å². The minimum atomic E-state index is -0.937. The van der Waals surface area contributed by atoms with Crippen LogP contribution in [0.3, 0.4) is 0 Å². The van der Waals surface area contributed by atoms with E-state index in [9.17, 15) is 14.7 Å². The van der Waals surface area contributed by atoms with E-state index < -0.39 is 12.0 Å². The molecule has 0 radical (unpaired) electrons. The van der Waals surface area contributed by atoms with Gasteiger partial charge in [0.15, 0.2) is 0 Å². The van der Waals surface area contributed by atoms with E-state index >= 15 is 0 Å². The smallest absolute Gasteiger partial charge is 0.326 e. The highest BCUT2D eigenvalue weighted by Gasteiger charge is 2.32. The number of aliphatic carboxylic acids is 1. The average Bonchev–Trinajstić information content (AvgIpc) is 2.42. The number of carbonyl (C=O) groups is 2. The molecule has 1 unspecified atom stereocenters. The van der Waals surface area contributed by atoms with Crippen molar-refractivity contribution in [1.82, 2.24) is 10.2 Å². The minimum absolute atomic E-state index is 0.00815. The number of nitrogens with one attached hydrogen (secondary N) is 1. The quantitative estimate of drug-likeness (QED) is 0.736. The summed E-state index contributed by atoms with van der Waals surface area (Å²) < 4.78 is 0. The molecule has 1 aliphatic rings. The van der Waals surface area contributed by atoms with Crippen molar-refractivity contribution in [2.45, 2.75) is 58.0 Å². The first-order valence-corrected chi connectivity index (χ1v) is 7.38. The third-order valence-electron chi connectivity index (χ3n) is 3.88. The van der Waals surface area contributed by atoms with Crippen molar-refractivity contribution in [2.75, 3.05) is 6.54 Å². The van der Waals surface area contributed by atoms with Crippen LogP contribution in [0.1, 0.15) is 46.0 Å². The molecule has 0 aromatic carbocycles. The van der Waals surface area contributed by atoms with E-state index in [1.807, 2.05) is 13.8 Å². The van der Waals surface area contributed by atoms with Crippen molar-refractivity contribution < 1.29 is 14.7 Å². The predicted octanol–water partition coefficient (Wildman–Crippen LogP) is 2.63. The van der Waals surface area contributed by atoms with Crippen LogP contribution in [-0.4, -0.2) is 40.6 Å². The van der Waals surface area contributed by atoms with Crippen molar-refractivity contribution in [2.24, 2.45) is 5.92 Å². The van der Waals surface area contributed by atoms with Crippen molar-refractivity contribution in [3.63, 3.8) is 0 Å². The van der Waals surface area contributed by atoms with Crippen molar-refractivity contribution in [3.8, 4) is 0 Å². The van der Waals surface area contributed by atoms with E-state index in [0.717, 1.165) is 32.1 Å². The molecule has 1 atom stereocenters. The Morgan fingerprint density at radius 2 is 1.95 bits per heavy atom. The largest absolute Gasteiger partial charge is 0.480 e. The van der Waals surface area contributed by atoms with Crippen LogP contribution in [0.15, 0.2) is 12.7 Å². The van der Waals surface area contributed by atoms with Crippen LogP contribution in [0.5, 0.6) is 0 Å². The Bertz CT molecular complexity index is 349. The third-order valence-corrected chi connectivity index (χ3v) is 3.88. The topological polar surface area (TPSA) is 69.6 Å². The lowest BCUT2D eigenvalue weighted by Gasteiger charge is -2.32. The van der Waals surface area contributed by atoms with Crippen LogP contribution in [0.25, 0.3) is 0 Å². The molecule has 0 aromatic rings. The molecule has 2 amide bonds. The second-order valence-corrected chi connectivity index (χ2v) is 5.70. The lowest BCUT2D eigenvalue weighted by molar-refractivity contribution is -0.141. The highest BCUT2D eigenvalue weighted by atomic mass is 16.4. The van der Waals surface area contributed by atoms with Gasteiger partial charge in [0.25, 0.3) is 0 Å². The lowest BCUT2D eigenvalue weighted by atomic mass is 9.84. The van der Waals surface area contributed by atoms with Crippen LogP contribution in [0.2, 0.25) is 0 Å². The number of carboxylic acids is 1. The van der Waals surface area contributed by atoms with Gasteiger partial charge < -0.3 is 15.3 Å². The molecule has 0 aromatic heterocycles. The Morgan fingerprint density at radius 1 is 1.35 bits per heavy atom. The molecule has 5 heteroatoms. The molecule has 0 bridgehead atoms. The molecule has 5 nitrogen and oxygen atoms in total. The fraction of sp³-hybridized carbons (Fsp3) is 0.733. The molecule has 0 saturated heterocycles. The molecule has 0 heterocycles. The van der Waals surface area contributed by atoms with Gasteiger partial charge in [-0.3, -0.25) is 0 Å². The van der Waals surface area contributed by atoms with Gasteiger partial charge in [0.2, 0.25) is 0 Å². The van der Waals surface area contributed by atoms with Crippen LogP contribution in [0, 0.1) is 5.92 Å². The summed E-state index contributed by atoms with van der Waals surface area (Å²) in [5, 5.41) is 12.1. The number of carbonyl (C=O) groups excluding carboxylic acids is 1. The Morgan fingerprint density at radius 3 is 2.40 bits per heavy atom. The molecular weight excluding hydrogens is 256 g/mol. The molecule has 0 spiro atoms. The maximum absolute atomic E-state index is 12.2. The van der Waals surface area contributed by atoms with E-state index in [4.69, 9.17) is 0 Å². The monoisotopic (exact) mass is 282 g/mol. The molecule has 114 valence electrons. The summed E-state index contributed by atoms with van der Waals surface area (Å²) in [4.78, 5) is 25.3. The van der Waals surface area contributed by atoms with Gasteiger partial charge in [-0.05, 0) is 32.6 Å². The van der Waals surface area contributed by atoms with Gasteiger partial charge in [-0.15, -0.1) is 6.58 Å². The van der Waals surface area contributed by atoms with E-state index in [1.54, 1.807) is 11.0 Å². The Balaban J connectivity index is 2.70. The zero-order chi connectivity index (χ0) is 15.1. The summed E-state index contributed by atoms with van der Waals surface area (Å²) in [7, 11) is 0. The standard InChI is InChI=1S/C15H26N2O3/c1-4-10-17(11(2)3)15(20)16-13(14(18)19)12-8-6-5-7-9-12/h4,11-13H,1,5-10H2,2-3H3,(H,16,20)(H,18,19). The number of nitrogens with zero attached hydrogens (tertiary/aromatic N) is 1. The van der Waals surface area contributed by atoms with Gasteiger partial charge in [-0.1, -0.05) is 25.3 Å². The molecule has 1 rings (SSSR count). The summed E-state index contributed by atoms with van der Waals surface area (Å²) in [6.45, 7) is 7.85. The maximum Gasteiger partial charge on any atom is 0.326 e. The predicted molar refractivity (Wildman–Crippen MR) is 78.6 cm³/mol. The SMILES string of the molecule is C=CCN(C(=O)NC(C(=O)O)C1CCCCC1)C(C)C. The second-order valence-electron chi connectivity index (χ2n) is 5.70. The first-order chi connectivity index (χ1) is 9.47. The first-order valence-electron chi connectivity index (χ1n) is 7.38. The number of amides is 2. The van der Waals surface area contributed by atoms with Gasteiger partial charge in [0.05, 0.1) is 0 Å². The van der Waals surface area contributed by atoms with Crippen molar-refractivity contribution >= 4 is 12.0 Å². The summed E-state index contributed by atoms with van der Waals surface area (Å²) >= 11 is 0. The van der Waals surface area contributed by atoms with Crippen molar-refractivity contribution in [3.05, 3.63) is 12.7 Å². The second kappa shape index (κ2) is 7.92. The van der Waals surface area contributed by atoms with Gasteiger partial charge in [-0.25, -0.2) is 9.59 Å². The maximum atomic E-state index is 12.2. The number of rotatable bonds is 6. The summed E-state index contributed by atoms with van der Waals surface area (Å²) in [5.41, 5.74) is 0. The molecule has 1 aliphatic carbocycles. The number of carboxylic acid groups (broad SMARTS) is 1. The molecule has 1 saturated carbocycles. The van der Waals surface area contributed by atoms with Gasteiger partial charge >= 0.3 is 12.0 Å². The number of urea groups is 1. The molecule has 20 heavy (non-hydrogen) atoms. The zero-order valence-corrected chi connectivity index (χ0v) is 12.5. The summed E-state index contributed by atoms with van der Waals surface area (Å²) in [6, 6.07) is -1.10. The first kappa shape index (κ1) is 16.5. The van der Waals surface area contributed by atoms with E-state index in [1.165, 1.54) is 0 Å². The zero-order valence-electron chi connectivity index (χ0n) is 12.5. The third kappa shape index (κ3) is 4.54. The highest BCUT2D eigenvalue weighted by molar-refractivity contribution is 5.83. The average molecular weight is 282 g/mol. The van der Waals surface area contributed by atoms with Crippen LogP contribution in [0.4, 0.5) is 4.79 Å². The fourth-order valence-electron chi connectivity index (χ4n) is 2.73. The van der Waals surface area contributed by atoms with Crippen LogP contribution >= 0.6 is 0 Å². The Kier molecular flexibility index (Phi) is 6.55. The molecule has 1 fully saturated rings. The number of hydrogen-bond acceptors (Lipinski definition) is 2. The molecule has 0 aliphatic heterocycles. The Hall–Kier alpha value is -1.52. The van der Waals surface area contributed by atoms with Crippen molar-refractivity contribution in [1.29, 1.82) is 0 Å². The van der Waals surface area contributed by atoms with Crippen LogP contribution in [-0.2, 0) is 4.79 Å². The molecular formula is C15H26N2O3. The number of hydrogen-bond donors (Lipinski definition) is 2. The fourth-order valence-corrected chi connectivity index (χ4v) is 2.73. The van der Waals surface area contributed by atoms with E-state index in [-0.39, 0.29) is 18.0 Å². The summed E-state index contributed by atoms with van der Waals surface area (Å²) in [6.07, 6.45) is 6.65. The van der Waals surface area contributed by atoms with E-state index in [2.05, 4.69) is 11.9 Å². The highest BCUT2D eigenvalue weighted by Crippen LogP contribution is 2.26. The lowest BCUT2D eigenvalue weighted by Crippen LogP contribution is -2.53. The Labute approximate surface area is 121 Å². The molecule has 2 N–H and O–H groups in total. The summed E-state index contributed by atoms with van der Waals surface area (Å²) in [5.74, 6) is -0.893.